The molecule has 5 fully saturated rings. The Morgan fingerprint density at radius 1 is 0.409 bits per heavy atom. The van der Waals surface area contributed by atoms with Gasteiger partial charge < -0.3 is 120 Å². The third-order valence-electron chi connectivity index (χ3n) is 16.8. The van der Waals surface area contributed by atoms with Crippen LogP contribution in [0.1, 0.15) is 107 Å². The van der Waals surface area contributed by atoms with Gasteiger partial charge >= 0.3 is 0 Å². The van der Waals surface area contributed by atoms with E-state index in [-0.39, 0.29) is 18.1 Å². The SMILES string of the molecule is O=[N+]([O-])c1ccc(CCCCO[C@@H]2O[C@H](CO)[C@@H](O)[C@H](O)[C@H]2O)cc1.OC[C@H]1O[C@@H](OCCCCC2CCCCC2)[C@H](O)[C@@H](O)[C@@H]1O.OC[C@H]1O[C@@H](OCCCCc2ccc(Br)cc2)[C@H](O)[C@@H](O)[C@@H]1O.OC[C@H]1O[C@@H](OCCCCc2ccc(F)cc2)[C@H](O)[C@@H](O)[C@@H]1O. The van der Waals surface area contributed by atoms with Gasteiger partial charge in [0.1, 0.15) is 103 Å². The molecule has 3 aromatic carbocycles. The summed E-state index contributed by atoms with van der Waals surface area (Å²) in [5.41, 5.74) is 3.29. The zero-order chi connectivity index (χ0) is 68.0. The first-order chi connectivity index (χ1) is 44.6. The number of unbranched alkanes of at least 4 members (excludes halogenated alkanes) is 4. The van der Waals surface area contributed by atoms with Crippen molar-refractivity contribution in [2.24, 2.45) is 5.92 Å². The molecule has 1 saturated carbocycles. The van der Waals surface area contributed by atoms with Crippen LogP contribution in [0.5, 0.6) is 0 Å². The van der Waals surface area contributed by atoms with Gasteiger partial charge in [-0.3, -0.25) is 10.1 Å². The lowest BCUT2D eigenvalue weighted by molar-refractivity contribution is -0.384. The van der Waals surface area contributed by atoms with E-state index in [1.807, 2.05) is 12.1 Å². The Kier molecular flexibility index (Phi) is 37.1. The van der Waals surface area contributed by atoms with Crippen LogP contribution in [-0.4, -0.2) is 262 Å². The summed E-state index contributed by atoms with van der Waals surface area (Å²) in [6, 6.07) is 20.7. The number of aryl methyl sites for hydroxylation is 3. The second-order valence-corrected chi connectivity index (χ2v) is 24.7. The molecule has 4 heterocycles. The summed E-state index contributed by atoms with van der Waals surface area (Å²) >= 11 is 3.39. The highest BCUT2D eigenvalue weighted by atomic mass is 79.9. The summed E-state index contributed by atoms with van der Waals surface area (Å²) in [7, 11) is 0. The number of benzene rings is 3. The van der Waals surface area contributed by atoms with E-state index in [0.29, 0.717) is 32.7 Å². The van der Waals surface area contributed by atoms with Crippen molar-refractivity contribution in [3.63, 3.8) is 0 Å². The fourth-order valence-electron chi connectivity index (χ4n) is 11.0. The van der Waals surface area contributed by atoms with Gasteiger partial charge in [0.15, 0.2) is 25.2 Å². The van der Waals surface area contributed by atoms with Gasteiger partial charge in [-0.1, -0.05) is 97.3 Å². The summed E-state index contributed by atoms with van der Waals surface area (Å²) in [6.07, 6.45) is -7.56. The number of non-ortho nitro benzene ring substituents is 1. The minimum absolute atomic E-state index is 0.0506. The second-order valence-electron chi connectivity index (χ2n) is 23.8. The number of hydrogen-bond donors (Lipinski definition) is 16. The van der Waals surface area contributed by atoms with Crippen molar-refractivity contribution < 1.29 is 129 Å². The van der Waals surface area contributed by atoms with Crippen LogP contribution >= 0.6 is 15.9 Å². The first-order valence-corrected chi connectivity index (χ1v) is 32.8. The first kappa shape index (κ1) is 80.2. The third kappa shape index (κ3) is 26.4. The summed E-state index contributed by atoms with van der Waals surface area (Å²) < 4.78 is 56.6. The van der Waals surface area contributed by atoms with E-state index in [2.05, 4.69) is 28.1 Å². The number of aliphatic hydroxyl groups is 16. The number of nitro groups is 1. The molecule has 0 unspecified atom stereocenters. The Labute approximate surface area is 549 Å². The Balaban J connectivity index is 0.000000225. The Hall–Kier alpha value is -3.49. The van der Waals surface area contributed by atoms with Crippen molar-refractivity contribution in [3.8, 4) is 0 Å². The van der Waals surface area contributed by atoms with Gasteiger partial charge in [-0.05, 0) is 111 Å². The molecular weight excluding hydrogens is 1300 g/mol. The van der Waals surface area contributed by atoms with Crippen LogP contribution in [0.3, 0.4) is 0 Å². The van der Waals surface area contributed by atoms with Crippen LogP contribution in [0.4, 0.5) is 10.1 Å². The number of nitrogens with zero attached hydrogens (tertiary/aromatic N) is 1. The molecule has 530 valence electrons. The van der Waals surface area contributed by atoms with E-state index in [4.69, 9.17) is 58.3 Å². The Bertz CT molecular complexity index is 2370. The van der Waals surface area contributed by atoms with E-state index in [9.17, 15) is 75.8 Å². The molecule has 0 bridgehead atoms. The lowest BCUT2D eigenvalue weighted by atomic mass is 9.86. The number of halogens is 2. The molecule has 20 atom stereocenters. The van der Waals surface area contributed by atoms with Crippen molar-refractivity contribution in [2.45, 2.75) is 232 Å². The average Bonchev–Trinajstić information content (AvgIpc) is 1.31. The van der Waals surface area contributed by atoms with Gasteiger partial charge in [0.25, 0.3) is 5.69 Å². The molecular formula is C64H99BrFNO26. The van der Waals surface area contributed by atoms with Crippen LogP contribution in [0.15, 0.2) is 77.3 Å². The molecule has 8 rings (SSSR count). The minimum Gasteiger partial charge on any atom is -0.394 e. The summed E-state index contributed by atoms with van der Waals surface area (Å²) in [5.74, 6) is 0.584. The standard InChI is InChI=1S/C16H23BrO6.C16H23FO6.C16H23NO8.C16H30O6/c2*17-11-6-4-10(5-7-11)3-1-2-8-22-16-15(21)14(20)13(19)12(9-18)23-16;18-9-12-13(19)14(20)15(21)16(25-12)24-8-2-1-3-10-4-6-11(7-5-10)17(22)23;17-10-12-13(18)14(19)15(20)16(22-12)21-9-5-4-8-11-6-2-1-3-7-11/h2*4-7,12-16,18-21H,1-3,8-9H2;4-7,12-16,18-21H,1-3,8-9H2;11-20H,1-10H2/t4*12-,13-,14+,15-,16-/m1111/s1. The topological polar surface area (TPSA) is 441 Å². The molecule has 3 aromatic rings. The highest BCUT2D eigenvalue weighted by Crippen LogP contribution is 2.30. The number of rotatable bonds is 29. The highest BCUT2D eigenvalue weighted by molar-refractivity contribution is 9.10. The van der Waals surface area contributed by atoms with E-state index in [1.165, 1.54) is 68.4 Å². The van der Waals surface area contributed by atoms with Crippen molar-refractivity contribution in [1.82, 2.24) is 0 Å². The smallest absolute Gasteiger partial charge is 0.269 e. The predicted molar refractivity (Wildman–Crippen MR) is 332 cm³/mol. The lowest BCUT2D eigenvalue weighted by Gasteiger charge is -2.39. The van der Waals surface area contributed by atoms with Crippen molar-refractivity contribution >= 4 is 21.6 Å². The maximum atomic E-state index is 12.8. The second kappa shape index (κ2) is 43.0. The summed E-state index contributed by atoms with van der Waals surface area (Å²) in [5, 5.41) is 164. The number of hydrogen-bond acceptors (Lipinski definition) is 26. The first-order valence-electron chi connectivity index (χ1n) is 32.0. The Morgan fingerprint density at radius 3 is 1.00 bits per heavy atom. The van der Waals surface area contributed by atoms with E-state index >= 15 is 0 Å². The maximum Gasteiger partial charge on any atom is 0.269 e. The van der Waals surface area contributed by atoms with Gasteiger partial charge in [-0.25, -0.2) is 4.39 Å². The van der Waals surface area contributed by atoms with Crippen LogP contribution in [0.25, 0.3) is 0 Å². The largest absolute Gasteiger partial charge is 0.394 e. The minimum atomic E-state index is -1.45. The molecule has 5 aliphatic rings. The van der Waals surface area contributed by atoms with E-state index in [1.54, 1.807) is 24.3 Å². The molecule has 0 aromatic heterocycles. The van der Waals surface area contributed by atoms with Crippen molar-refractivity contribution in [1.29, 1.82) is 0 Å². The van der Waals surface area contributed by atoms with Gasteiger partial charge in [0.2, 0.25) is 0 Å². The molecule has 29 heteroatoms. The van der Waals surface area contributed by atoms with Gasteiger partial charge in [0.05, 0.1) is 31.4 Å². The van der Waals surface area contributed by atoms with Crippen LogP contribution in [-0.2, 0) is 57.2 Å². The van der Waals surface area contributed by atoms with E-state index < -0.39 is 154 Å². The highest BCUT2D eigenvalue weighted by Gasteiger charge is 2.47. The zero-order valence-electron chi connectivity index (χ0n) is 52.2. The maximum absolute atomic E-state index is 12.8. The third-order valence-corrected chi connectivity index (χ3v) is 17.3. The van der Waals surface area contributed by atoms with Crippen LogP contribution < -0.4 is 0 Å². The summed E-state index contributed by atoms with van der Waals surface area (Å²) in [4.78, 5) is 10.1. The quantitative estimate of drug-likeness (QED) is 0.0260. The predicted octanol–water partition coefficient (Wildman–Crippen LogP) is 0.841. The number of ether oxygens (including phenoxy) is 8. The molecule has 27 nitrogen and oxygen atoms in total. The fourth-order valence-corrected chi connectivity index (χ4v) is 11.3. The van der Waals surface area contributed by atoms with E-state index in [0.717, 1.165) is 79.3 Å². The van der Waals surface area contributed by atoms with Crippen LogP contribution in [0, 0.1) is 21.8 Å². The van der Waals surface area contributed by atoms with Gasteiger partial charge in [-0.2, -0.15) is 0 Å². The zero-order valence-corrected chi connectivity index (χ0v) is 53.8. The molecule has 4 saturated heterocycles. The molecule has 1 aliphatic carbocycles. The molecule has 4 aliphatic heterocycles. The lowest BCUT2D eigenvalue weighted by Crippen LogP contribution is -2.59. The van der Waals surface area contributed by atoms with Gasteiger partial charge in [-0.15, -0.1) is 0 Å². The van der Waals surface area contributed by atoms with Crippen molar-refractivity contribution in [2.75, 3.05) is 52.9 Å². The fraction of sp³-hybridized carbons (Fsp3) is 0.719. The molecule has 16 N–H and O–H groups in total. The van der Waals surface area contributed by atoms with Gasteiger partial charge in [0, 0.05) is 43.0 Å². The number of nitro benzene ring substituents is 1. The van der Waals surface area contributed by atoms with Crippen LogP contribution in [0.2, 0.25) is 0 Å². The van der Waals surface area contributed by atoms with Crippen molar-refractivity contribution in [3.05, 3.63) is 110 Å². The molecule has 0 spiro atoms. The molecule has 0 amide bonds. The number of aliphatic hydroxyl groups excluding tert-OH is 16. The Morgan fingerprint density at radius 2 is 0.699 bits per heavy atom. The average molecular weight is 1400 g/mol. The normalized spacial score (nSPS) is 32.2. The molecule has 93 heavy (non-hydrogen) atoms. The summed E-state index contributed by atoms with van der Waals surface area (Å²) in [6.45, 7) is -0.491. The monoisotopic (exact) mass is 1400 g/mol. The molecule has 0 radical (unpaired) electrons.